The van der Waals surface area contributed by atoms with E-state index in [0.29, 0.717) is 5.82 Å². The van der Waals surface area contributed by atoms with Crippen molar-refractivity contribution in [2.75, 3.05) is 0 Å². The Kier molecular flexibility index (Phi) is 2.43. The van der Waals surface area contributed by atoms with Crippen molar-refractivity contribution in [1.29, 1.82) is 0 Å². The van der Waals surface area contributed by atoms with Gasteiger partial charge in [0.05, 0.1) is 5.88 Å². The van der Waals surface area contributed by atoms with Crippen molar-refractivity contribution < 1.29 is 9.90 Å². The highest BCUT2D eigenvalue weighted by molar-refractivity contribution is 6.16. The van der Waals surface area contributed by atoms with Crippen LogP contribution in [-0.2, 0) is 17.2 Å². The standard InChI is InChI=1S/C5H6ClN3O2/c6-1-4-7-3-8-9(4)2-5(10)11/h3H,1-2H2,(H,10,11). The third kappa shape index (κ3) is 1.91. The molecule has 11 heavy (non-hydrogen) atoms. The summed E-state index contributed by atoms with van der Waals surface area (Å²) in [5, 5.41) is 12.0. The number of nitrogens with zero attached hydrogens (tertiary/aromatic N) is 3. The molecule has 1 aromatic heterocycles. The van der Waals surface area contributed by atoms with Crippen molar-refractivity contribution in [3.8, 4) is 0 Å². The van der Waals surface area contributed by atoms with Crippen LogP contribution in [0.5, 0.6) is 0 Å². The van der Waals surface area contributed by atoms with E-state index in [0.717, 1.165) is 0 Å². The van der Waals surface area contributed by atoms with Gasteiger partial charge < -0.3 is 5.11 Å². The molecule has 0 aliphatic heterocycles. The van der Waals surface area contributed by atoms with Crippen molar-refractivity contribution in [1.82, 2.24) is 14.8 Å². The third-order valence-corrected chi connectivity index (χ3v) is 1.34. The van der Waals surface area contributed by atoms with Crippen molar-refractivity contribution in [3.63, 3.8) is 0 Å². The quantitative estimate of drug-likeness (QED) is 0.662. The predicted molar refractivity (Wildman–Crippen MR) is 37.2 cm³/mol. The molecule has 0 aliphatic rings. The lowest BCUT2D eigenvalue weighted by molar-refractivity contribution is -0.137. The first-order valence-electron chi connectivity index (χ1n) is 2.88. The average Bonchev–Trinajstić information content (AvgIpc) is 2.34. The molecule has 60 valence electrons. The van der Waals surface area contributed by atoms with E-state index < -0.39 is 5.97 Å². The van der Waals surface area contributed by atoms with Crippen LogP contribution in [0.4, 0.5) is 0 Å². The topological polar surface area (TPSA) is 68.0 Å². The lowest BCUT2D eigenvalue weighted by Gasteiger charge is -1.97. The Morgan fingerprint density at radius 2 is 2.55 bits per heavy atom. The summed E-state index contributed by atoms with van der Waals surface area (Å²) in [6.45, 7) is -0.192. The van der Waals surface area contributed by atoms with Crippen LogP contribution in [0.15, 0.2) is 6.33 Å². The second-order valence-electron chi connectivity index (χ2n) is 1.86. The molecule has 0 amide bonds. The number of rotatable bonds is 3. The van der Waals surface area contributed by atoms with Crippen molar-refractivity contribution in [3.05, 3.63) is 12.2 Å². The van der Waals surface area contributed by atoms with Crippen LogP contribution in [0, 0.1) is 0 Å². The smallest absolute Gasteiger partial charge is 0.325 e. The number of aromatic nitrogens is 3. The maximum absolute atomic E-state index is 10.2. The summed E-state index contributed by atoms with van der Waals surface area (Å²) in [6, 6.07) is 0. The average molecular weight is 176 g/mol. The van der Waals surface area contributed by atoms with Crippen LogP contribution >= 0.6 is 11.6 Å². The molecule has 0 saturated carbocycles. The van der Waals surface area contributed by atoms with E-state index in [1.807, 2.05) is 0 Å². The van der Waals surface area contributed by atoms with Gasteiger partial charge in [-0.15, -0.1) is 11.6 Å². The highest BCUT2D eigenvalue weighted by atomic mass is 35.5. The number of carbonyl (C=O) groups is 1. The van der Waals surface area contributed by atoms with E-state index >= 15 is 0 Å². The lowest BCUT2D eigenvalue weighted by Crippen LogP contribution is -2.12. The Hall–Kier alpha value is -1.10. The van der Waals surface area contributed by atoms with Crippen LogP contribution in [0.2, 0.25) is 0 Å². The van der Waals surface area contributed by atoms with Crippen molar-refractivity contribution in [2.45, 2.75) is 12.4 Å². The molecule has 0 spiro atoms. The predicted octanol–water partition coefficient (Wildman–Crippen LogP) is 0.101. The van der Waals surface area contributed by atoms with Gasteiger partial charge in [0.25, 0.3) is 0 Å². The number of hydrogen-bond acceptors (Lipinski definition) is 3. The van der Waals surface area contributed by atoms with Gasteiger partial charge in [-0.2, -0.15) is 5.10 Å². The van der Waals surface area contributed by atoms with E-state index in [1.54, 1.807) is 0 Å². The summed E-state index contributed by atoms with van der Waals surface area (Å²) in [6.07, 6.45) is 1.28. The molecule has 1 N–H and O–H groups in total. The molecule has 0 fully saturated rings. The van der Waals surface area contributed by atoms with E-state index in [4.69, 9.17) is 16.7 Å². The summed E-state index contributed by atoms with van der Waals surface area (Å²) in [5.41, 5.74) is 0. The summed E-state index contributed by atoms with van der Waals surface area (Å²) in [7, 11) is 0. The first-order valence-corrected chi connectivity index (χ1v) is 3.42. The van der Waals surface area contributed by atoms with Gasteiger partial charge in [0.2, 0.25) is 0 Å². The second kappa shape index (κ2) is 3.34. The molecular formula is C5H6ClN3O2. The highest BCUT2D eigenvalue weighted by Gasteiger charge is 2.05. The summed E-state index contributed by atoms with van der Waals surface area (Å²) >= 11 is 5.44. The molecule has 1 aromatic rings. The summed E-state index contributed by atoms with van der Waals surface area (Å²) in [4.78, 5) is 13.9. The number of hydrogen-bond donors (Lipinski definition) is 1. The molecule has 0 saturated heterocycles. The first kappa shape index (κ1) is 8.00. The number of carboxylic acid groups (broad SMARTS) is 1. The van der Waals surface area contributed by atoms with Gasteiger partial charge in [-0.3, -0.25) is 4.79 Å². The Morgan fingerprint density at radius 3 is 3.09 bits per heavy atom. The van der Waals surface area contributed by atoms with Crippen LogP contribution in [0.1, 0.15) is 5.82 Å². The first-order chi connectivity index (χ1) is 5.24. The molecule has 0 unspecified atom stereocenters. The zero-order valence-electron chi connectivity index (χ0n) is 5.57. The van der Waals surface area contributed by atoms with E-state index in [1.165, 1.54) is 11.0 Å². The van der Waals surface area contributed by atoms with E-state index in [2.05, 4.69) is 10.1 Å². The zero-order chi connectivity index (χ0) is 8.27. The number of alkyl halides is 1. The van der Waals surface area contributed by atoms with Gasteiger partial charge >= 0.3 is 5.97 Å². The van der Waals surface area contributed by atoms with Gasteiger partial charge in [-0.05, 0) is 0 Å². The number of carboxylic acids is 1. The van der Waals surface area contributed by atoms with Gasteiger partial charge in [0.1, 0.15) is 18.7 Å². The molecule has 0 aromatic carbocycles. The van der Waals surface area contributed by atoms with Crippen molar-refractivity contribution >= 4 is 17.6 Å². The number of aliphatic carboxylic acids is 1. The number of halogens is 1. The Balaban J connectivity index is 2.76. The lowest BCUT2D eigenvalue weighted by atomic mass is 10.6. The van der Waals surface area contributed by atoms with Gasteiger partial charge in [-0.1, -0.05) is 0 Å². The fraction of sp³-hybridized carbons (Fsp3) is 0.400. The molecule has 5 nitrogen and oxygen atoms in total. The normalized spacial score (nSPS) is 9.91. The molecule has 0 radical (unpaired) electrons. The minimum absolute atomic E-state index is 0.174. The zero-order valence-corrected chi connectivity index (χ0v) is 6.32. The van der Waals surface area contributed by atoms with Gasteiger partial charge in [0, 0.05) is 0 Å². The van der Waals surface area contributed by atoms with Crippen LogP contribution in [-0.4, -0.2) is 25.8 Å². The van der Waals surface area contributed by atoms with Crippen LogP contribution in [0.3, 0.4) is 0 Å². The minimum atomic E-state index is -0.957. The Bertz CT molecular complexity index is 260. The fourth-order valence-electron chi connectivity index (χ4n) is 0.652. The largest absolute Gasteiger partial charge is 0.480 e. The second-order valence-corrected chi connectivity index (χ2v) is 2.13. The minimum Gasteiger partial charge on any atom is -0.480 e. The van der Waals surface area contributed by atoms with E-state index in [-0.39, 0.29) is 12.4 Å². The SMILES string of the molecule is O=C(O)Cn1ncnc1CCl. The Morgan fingerprint density at radius 1 is 1.82 bits per heavy atom. The molecule has 6 heteroatoms. The Labute approximate surface area is 67.6 Å². The van der Waals surface area contributed by atoms with E-state index in [9.17, 15) is 4.79 Å². The maximum Gasteiger partial charge on any atom is 0.325 e. The molecular weight excluding hydrogens is 170 g/mol. The summed E-state index contributed by atoms with van der Waals surface area (Å²) in [5.74, 6) is -0.316. The van der Waals surface area contributed by atoms with Crippen LogP contribution < -0.4 is 0 Å². The molecule has 1 heterocycles. The molecule has 0 atom stereocenters. The third-order valence-electron chi connectivity index (χ3n) is 1.10. The molecule has 0 aliphatic carbocycles. The molecule has 0 bridgehead atoms. The monoisotopic (exact) mass is 175 g/mol. The van der Waals surface area contributed by atoms with Gasteiger partial charge in [-0.25, -0.2) is 9.67 Å². The van der Waals surface area contributed by atoms with Crippen LogP contribution in [0.25, 0.3) is 0 Å². The maximum atomic E-state index is 10.2. The fourth-order valence-corrected chi connectivity index (χ4v) is 0.859. The highest BCUT2D eigenvalue weighted by Crippen LogP contribution is 1.97. The van der Waals surface area contributed by atoms with Gasteiger partial charge in [0.15, 0.2) is 0 Å². The summed E-state index contributed by atoms with van der Waals surface area (Å²) < 4.78 is 1.25. The molecule has 1 rings (SSSR count). The van der Waals surface area contributed by atoms with Crippen molar-refractivity contribution in [2.24, 2.45) is 0 Å².